The molecule has 5 heteroatoms. The van der Waals surface area contributed by atoms with Crippen LogP contribution in [-0.4, -0.2) is 27.1 Å². The van der Waals surface area contributed by atoms with Gasteiger partial charge in [-0.15, -0.1) is 0 Å². The second-order valence-corrected chi connectivity index (χ2v) is 7.96. The highest BCUT2D eigenvalue weighted by Gasteiger charge is 2.26. The molecule has 3 N–H and O–H groups in total. The van der Waals surface area contributed by atoms with Gasteiger partial charge in [-0.05, 0) is 38.2 Å². The van der Waals surface area contributed by atoms with Crippen molar-refractivity contribution >= 4 is 27.8 Å². The van der Waals surface area contributed by atoms with E-state index in [1.165, 1.54) is 12.8 Å². The van der Waals surface area contributed by atoms with Crippen LogP contribution in [0.4, 0.5) is 5.82 Å². The van der Waals surface area contributed by atoms with Crippen molar-refractivity contribution in [3.63, 3.8) is 0 Å². The molecule has 28 heavy (non-hydrogen) atoms. The smallest absolute Gasteiger partial charge is 0.152 e. The maximum absolute atomic E-state index is 6.26. The van der Waals surface area contributed by atoms with Gasteiger partial charge in [0.15, 0.2) is 5.82 Å². The van der Waals surface area contributed by atoms with Gasteiger partial charge in [0.05, 0.1) is 11.0 Å². The standard InChI is InChI=1S/C23H31N5/c1-3-4-11-20-27-21-22(18-9-5-6-10-19(18)26-23(21)24)28(20)15-8-7-14-25-16(2)17-12-13-17/h5-10,16-17,25H,3-4,11-15H2,1-2H3,(H2,24,26)/b8-7+. The van der Waals surface area contributed by atoms with Gasteiger partial charge in [0, 0.05) is 30.9 Å². The predicted molar refractivity (Wildman–Crippen MR) is 117 cm³/mol. The zero-order valence-corrected chi connectivity index (χ0v) is 17.0. The highest BCUT2D eigenvalue weighted by Crippen LogP contribution is 2.32. The maximum Gasteiger partial charge on any atom is 0.152 e. The molecule has 1 saturated carbocycles. The SMILES string of the molecule is CCCCc1nc2c(N)nc3ccccc3c2n1C/C=C/CNC(C)C1CC1. The Labute approximate surface area is 167 Å². The van der Waals surface area contributed by atoms with E-state index in [0.717, 1.165) is 66.0 Å². The van der Waals surface area contributed by atoms with Crippen LogP contribution in [0.5, 0.6) is 0 Å². The van der Waals surface area contributed by atoms with E-state index in [2.05, 4.69) is 53.0 Å². The summed E-state index contributed by atoms with van der Waals surface area (Å²) < 4.78 is 2.33. The minimum Gasteiger partial charge on any atom is -0.382 e. The van der Waals surface area contributed by atoms with Crippen LogP contribution in [0.15, 0.2) is 36.4 Å². The van der Waals surface area contributed by atoms with Crippen molar-refractivity contribution < 1.29 is 0 Å². The summed E-state index contributed by atoms with van der Waals surface area (Å²) in [5.74, 6) is 2.51. The predicted octanol–water partition coefficient (Wildman–Crippen LogP) is 4.45. The summed E-state index contributed by atoms with van der Waals surface area (Å²) in [6, 6.07) is 8.82. The molecule has 1 aliphatic rings. The van der Waals surface area contributed by atoms with Crippen molar-refractivity contribution in [3.05, 3.63) is 42.2 Å². The molecule has 2 aromatic heterocycles. The summed E-state index contributed by atoms with van der Waals surface area (Å²) in [7, 11) is 0. The number of benzene rings is 1. The van der Waals surface area contributed by atoms with Gasteiger partial charge >= 0.3 is 0 Å². The first kappa shape index (κ1) is 18.9. The number of allylic oxidation sites excluding steroid dienone is 1. The lowest BCUT2D eigenvalue weighted by molar-refractivity contribution is 0.523. The van der Waals surface area contributed by atoms with Crippen LogP contribution in [0.25, 0.3) is 21.9 Å². The minimum atomic E-state index is 0.522. The van der Waals surface area contributed by atoms with Gasteiger partial charge in [-0.25, -0.2) is 9.97 Å². The highest BCUT2D eigenvalue weighted by atomic mass is 15.1. The number of imidazole rings is 1. The molecule has 1 unspecified atom stereocenters. The summed E-state index contributed by atoms with van der Waals surface area (Å²) in [6.07, 6.45) is 10.5. The lowest BCUT2D eigenvalue weighted by atomic mass is 10.2. The Morgan fingerprint density at radius 3 is 2.86 bits per heavy atom. The molecule has 0 aliphatic heterocycles. The third kappa shape index (κ3) is 3.90. The second-order valence-electron chi connectivity index (χ2n) is 7.96. The average Bonchev–Trinajstić information content (AvgIpc) is 3.48. The van der Waals surface area contributed by atoms with Crippen LogP contribution in [-0.2, 0) is 13.0 Å². The lowest BCUT2D eigenvalue weighted by Crippen LogP contribution is -2.27. The van der Waals surface area contributed by atoms with Crippen LogP contribution >= 0.6 is 0 Å². The van der Waals surface area contributed by atoms with Gasteiger partial charge in [0.2, 0.25) is 0 Å². The number of aromatic nitrogens is 3. The summed E-state index contributed by atoms with van der Waals surface area (Å²) in [6.45, 7) is 6.23. The summed E-state index contributed by atoms with van der Waals surface area (Å²) >= 11 is 0. The number of fused-ring (bicyclic) bond motifs is 3. The molecule has 0 bridgehead atoms. The Hall–Kier alpha value is -2.40. The zero-order valence-electron chi connectivity index (χ0n) is 17.0. The van der Waals surface area contributed by atoms with Crippen molar-refractivity contribution in [2.24, 2.45) is 5.92 Å². The number of nitrogen functional groups attached to an aromatic ring is 1. The molecule has 4 rings (SSSR count). The molecule has 0 radical (unpaired) electrons. The first-order valence-corrected chi connectivity index (χ1v) is 10.6. The first-order valence-electron chi connectivity index (χ1n) is 10.6. The molecule has 1 aromatic carbocycles. The third-order valence-corrected chi connectivity index (χ3v) is 5.78. The van der Waals surface area contributed by atoms with Crippen molar-refractivity contribution in [2.45, 2.75) is 58.5 Å². The highest BCUT2D eigenvalue weighted by molar-refractivity contribution is 6.06. The van der Waals surface area contributed by atoms with E-state index in [9.17, 15) is 0 Å². The summed E-state index contributed by atoms with van der Waals surface area (Å²) in [5, 5.41) is 4.73. The monoisotopic (exact) mass is 377 g/mol. The Morgan fingerprint density at radius 2 is 2.07 bits per heavy atom. The van der Waals surface area contributed by atoms with E-state index < -0.39 is 0 Å². The van der Waals surface area contributed by atoms with Crippen LogP contribution in [0.3, 0.4) is 0 Å². The lowest BCUT2D eigenvalue weighted by Gasteiger charge is -2.11. The second kappa shape index (κ2) is 8.31. The quantitative estimate of drug-likeness (QED) is 0.541. The summed E-state index contributed by atoms with van der Waals surface area (Å²) in [4.78, 5) is 9.45. The van der Waals surface area contributed by atoms with E-state index in [-0.39, 0.29) is 0 Å². The Kier molecular flexibility index (Phi) is 5.62. The number of nitrogens with zero attached hydrogens (tertiary/aromatic N) is 3. The molecule has 0 amide bonds. The van der Waals surface area contributed by atoms with Gasteiger partial charge in [-0.3, -0.25) is 0 Å². The number of aryl methyl sites for hydroxylation is 1. The molecular formula is C23H31N5. The van der Waals surface area contributed by atoms with E-state index in [4.69, 9.17) is 10.7 Å². The molecule has 5 nitrogen and oxygen atoms in total. The molecule has 1 atom stereocenters. The molecule has 3 aromatic rings. The number of para-hydroxylation sites is 1. The van der Waals surface area contributed by atoms with E-state index in [1.807, 2.05) is 12.1 Å². The van der Waals surface area contributed by atoms with Crippen molar-refractivity contribution in [2.75, 3.05) is 12.3 Å². The number of pyridine rings is 1. The maximum atomic E-state index is 6.26. The number of nitrogens with two attached hydrogens (primary N) is 1. The van der Waals surface area contributed by atoms with Crippen molar-refractivity contribution in [3.8, 4) is 0 Å². The Bertz CT molecular complexity index is 983. The number of rotatable bonds is 9. The number of nitrogens with one attached hydrogen (secondary N) is 1. The summed E-state index contributed by atoms with van der Waals surface area (Å²) in [5.41, 5.74) is 9.13. The minimum absolute atomic E-state index is 0.522. The van der Waals surface area contributed by atoms with Gasteiger partial charge < -0.3 is 15.6 Å². The van der Waals surface area contributed by atoms with E-state index in [0.29, 0.717) is 11.9 Å². The molecular weight excluding hydrogens is 346 g/mol. The number of hydrogen-bond acceptors (Lipinski definition) is 4. The van der Waals surface area contributed by atoms with Gasteiger partial charge in [-0.2, -0.15) is 0 Å². The van der Waals surface area contributed by atoms with Gasteiger partial charge in [0.25, 0.3) is 0 Å². The van der Waals surface area contributed by atoms with Crippen LogP contribution in [0.1, 0.15) is 45.4 Å². The van der Waals surface area contributed by atoms with Crippen molar-refractivity contribution in [1.82, 2.24) is 19.9 Å². The normalized spacial score (nSPS) is 15.8. The fraction of sp³-hybridized carbons (Fsp3) is 0.478. The zero-order chi connectivity index (χ0) is 19.5. The van der Waals surface area contributed by atoms with E-state index >= 15 is 0 Å². The van der Waals surface area contributed by atoms with Crippen LogP contribution < -0.4 is 11.1 Å². The van der Waals surface area contributed by atoms with Crippen LogP contribution in [0, 0.1) is 5.92 Å². The molecule has 148 valence electrons. The topological polar surface area (TPSA) is 68.8 Å². The number of unbranched alkanes of at least 4 members (excludes halogenated alkanes) is 1. The first-order chi connectivity index (χ1) is 13.7. The largest absolute Gasteiger partial charge is 0.382 e. The number of anilines is 1. The van der Waals surface area contributed by atoms with Crippen LogP contribution in [0.2, 0.25) is 0 Å². The third-order valence-electron chi connectivity index (χ3n) is 5.78. The fourth-order valence-electron chi connectivity index (χ4n) is 3.91. The Balaban J connectivity index is 1.63. The molecule has 0 saturated heterocycles. The van der Waals surface area contributed by atoms with E-state index in [1.54, 1.807) is 0 Å². The average molecular weight is 378 g/mol. The molecule has 1 aliphatic carbocycles. The number of hydrogen-bond donors (Lipinski definition) is 2. The molecule has 2 heterocycles. The molecule has 1 fully saturated rings. The van der Waals surface area contributed by atoms with Gasteiger partial charge in [-0.1, -0.05) is 43.7 Å². The molecule has 0 spiro atoms. The van der Waals surface area contributed by atoms with Gasteiger partial charge in [0.1, 0.15) is 11.3 Å². The Morgan fingerprint density at radius 1 is 1.25 bits per heavy atom. The van der Waals surface area contributed by atoms with Crippen molar-refractivity contribution in [1.29, 1.82) is 0 Å². The fourth-order valence-corrected chi connectivity index (χ4v) is 3.91.